The third kappa shape index (κ3) is 3.48. The summed E-state index contributed by atoms with van der Waals surface area (Å²) >= 11 is 5.86. The number of carboxylic acids is 1. The predicted octanol–water partition coefficient (Wildman–Crippen LogP) is 3.83. The van der Waals surface area contributed by atoms with E-state index in [0.717, 1.165) is 0 Å². The first-order chi connectivity index (χ1) is 9.58. The molecule has 2 rings (SSSR count). The van der Waals surface area contributed by atoms with E-state index in [0.29, 0.717) is 24.2 Å². The average molecular weight is 294 g/mol. The van der Waals surface area contributed by atoms with Crippen molar-refractivity contribution in [1.29, 1.82) is 0 Å². The number of hydrogen-bond acceptors (Lipinski definition) is 2. The normalized spacial score (nSPS) is 10.3. The lowest BCUT2D eigenvalue weighted by molar-refractivity contribution is 0.0697. The molecule has 0 fully saturated rings. The van der Waals surface area contributed by atoms with Crippen molar-refractivity contribution in [1.82, 2.24) is 0 Å². The third-order valence-electron chi connectivity index (χ3n) is 2.88. The van der Waals surface area contributed by atoms with Crippen LogP contribution in [0.4, 0.5) is 10.1 Å². The lowest BCUT2D eigenvalue weighted by Gasteiger charge is -2.08. The molecule has 0 spiro atoms. The van der Waals surface area contributed by atoms with E-state index in [2.05, 4.69) is 5.32 Å². The summed E-state index contributed by atoms with van der Waals surface area (Å²) in [4.78, 5) is 10.8. The van der Waals surface area contributed by atoms with Crippen LogP contribution in [0.2, 0.25) is 5.02 Å². The summed E-state index contributed by atoms with van der Waals surface area (Å²) in [6, 6.07) is 11.2. The van der Waals surface area contributed by atoms with Crippen molar-refractivity contribution in [3.05, 3.63) is 64.4 Å². The molecule has 104 valence electrons. The number of nitrogens with one attached hydrogen (secondary N) is 1. The number of carboxylic acid groups (broad SMARTS) is 1. The highest BCUT2D eigenvalue weighted by molar-refractivity contribution is 6.33. The second-order valence-corrected chi connectivity index (χ2v) is 4.68. The Morgan fingerprint density at radius 3 is 2.65 bits per heavy atom. The lowest BCUT2D eigenvalue weighted by atomic mass is 10.1. The molecule has 0 aliphatic carbocycles. The molecule has 0 bridgehead atoms. The fourth-order valence-electron chi connectivity index (χ4n) is 1.84. The van der Waals surface area contributed by atoms with E-state index in [1.807, 2.05) is 0 Å². The SMILES string of the molecule is O=C(O)c1ccc(NCCc2ccccc2F)cc1Cl. The van der Waals surface area contributed by atoms with Gasteiger partial charge in [0.1, 0.15) is 5.82 Å². The van der Waals surface area contributed by atoms with E-state index in [9.17, 15) is 9.18 Å². The molecule has 5 heteroatoms. The van der Waals surface area contributed by atoms with E-state index in [-0.39, 0.29) is 16.4 Å². The number of aromatic carboxylic acids is 1. The van der Waals surface area contributed by atoms with Crippen molar-refractivity contribution in [2.75, 3.05) is 11.9 Å². The second-order valence-electron chi connectivity index (χ2n) is 4.27. The first kappa shape index (κ1) is 14.3. The van der Waals surface area contributed by atoms with Crippen LogP contribution in [0.15, 0.2) is 42.5 Å². The molecule has 0 saturated carbocycles. The molecule has 0 aliphatic rings. The molecule has 0 atom stereocenters. The number of anilines is 1. The Hall–Kier alpha value is -2.07. The quantitative estimate of drug-likeness (QED) is 0.881. The summed E-state index contributed by atoms with van der Waals surface area (Å²) in [6.07, 6.45) is 0.533. The Labute approximate surface area is 121 Å². The van der Waals surface area contributed by atoms with Gasteiger partial charge in [-0.15, -0.1) is 0 Å². The first-order valence-corrected chi connectivity index (χ1v) is 6.46. The lowest BCUT2D eigenvalue weighted by Crippen LogP contribution is -2.06. The Morgan fingerprint density at radius 2 is 2.00 bits per heavy atom. The van der Waals surface area contributed by atoms with Crippen LogP contribution in [-0.2, 0) is 6.42 Å². The third-order valence-corrected chi connectivity index (χ3v) is 3.19. The first-order valence-electron chi connectivity index (χ1n) is 6.08. The van der Waals surface area contributed by atoms with E-state index >= 15 is 0 Å². The van der Waals surface area contributed by atoms with Crippen molar-refractivity contribution >= 4 is 23.3 Å². The Morgan fingerprint density at radius 1 is 1.25 bits per heavy atom. The van der Waals surface area contributed by atoms with Gasteiger partial charge in [0.2, 0.25) is 0 Å². The molecule has 0 unspecified atom stereocenters. The van der Waals surface area contributed by atoms with Crippen LogP contribution in [-0.4, -0.2) is 17.6 Å². The van der Waals surface area contributed by atoms with Crippen LogP contribution in [0.5, 0.6) is 0 Å². The number of benzene rings is 2. The topological polar surface area (TPSA) is 49.3 Å². The number of rotatable bonds is 5. The molecule has 3 nitrogen and oxygen atoms in total. The molecule has 20 heavy (non-hydrogen) atoms. The molecule has 2 N–H and O–H groups in total. The highest BCUT2D eigenvalue weighted by Gasteiger charge is 2.08. The minimum Gasteiger partial charge on any atom is -0.478 e. The molecule has 2 aromatic rings. The monoisotopic (exact) mass is 293 g/mol. The predicted molar refractivity (Wildman–Crippen MR) is 77.0 cm³/mol. The molecule has 0 radical (unpaired) electrons. The number of hydrogen-bond donors (Lipinski definition) is 2. The molecule has 0 saturated heterocycles. The van der Waals surface area contributed by atoms with Crippen molar-refractivity contribution in [3.8, 4) is 0 Å². The van der Waals surface area contributed by atoms with Gasteiger partial charge in [0.25, 0.3) is 0 Å². The minimum atomic E-state index is -1.06. The van der Waals surface area contributed by atoms with Gasteiger partial charge in [0.15, 0.2) is 0 Å². The zero-order valence-corrected chi connectivity index (χ0v) is 11.3. The maximum atomic E-state index is 13.4. The van der Waals surface area contributed by atoms with Crippen molar-refractivity contribution < 1.29 is 14.3 Å². The maximum absolute atomic E-state index is 13.4. The van der Waals surface area contributed by atoms with Crippen LogP contribution in [0.25, 0.3) is 0 Å². The van der Waals surface area contributed by atoms with Gasteiger partial charge in [-0.1, -0.05) is 29.8 Å². The van der Waals surface area contributed by atoms with Gasteiger partial charge in [-0.2, -0.15) is 0 Å². The fourth-order valence-corrected chi connectivity index (χ4v) is 2.10. The smallest absolute Gasteiger partial charge is 0.337 e. The van der Waals surface area contributed by atoms with Gasteiger partial charge in [0, 0.05) is 12.2 Å². The molecular formula is C15H13ClFNO2. The van der Waals surface area contributed by atoms with Crippen LogP contribution in [0.3, 0.4) is 0 Å². The number of carbonyl (C=O) groups is 1. The summed E-state index contributed by atoms with van der Waals surface area (Å²) < 4.78 is 13.4. The van der Waals surface area contributed by atoms with Crippen LogP contribution in [0.1, 0.15) is 15.9 Å². The fraction of sp³-hybridized carbons (Fsp3) is 0.133. The molecule has 2 aromatic carbocycles. The van der Waals surface area contributed by atoms with Crippen LogP contribution in [0, 0.1) is 5.82 Å². The average Bonchev–Trinajstić information content (AvgIpc) is 2.40. The summed E-state index contributed by atoms with van der Waals surface area (Å²) in [7, 11) is 0. The van der Waals surface area contributed by atoms with Gasteiger partial charge in [-0.05, 0) is 36.2 Å². The zero-order chi connectivity index (χ0) is 14.5. The number of halogens is 2. The van der Waals surface area contributed by atoms with Gasteiger partial charge in [0.05, 0.1) is 10.6 Å². The largest absolute Gasteiger partial charge is 0.478 e. The molecule has 0 aliphatic heterocycles. The second kappa shape index (κ2) is 6.39. The molecular weight excluding hydrogens is 281 g/mol. The molecule has 0 heterocycles. The van der Waals surface area contributed by atoms with Crippen molar-refractivity contribution in [3.63, 3.8) is 0 Å². The summed E-state index contributed by atoms with van der Waals surface area (Å²) in [5.74, 6) is -1.29. The summed E-state index contributed by atoms with van der Waals surface area (Å²) in [5.41, 5.74) is 1.40. The van der Waals surface area contributed by atoms with Gasteiger partial charge < -0.3 is 10.4 Å². The Balaban J connectivity index is 1.97. The van der Waals surface area contributed by atoms with E-state index < -0.39 is 5.97 Å². The Kier molecular flexibility index (Phi) is 4.58. The highest BCUT2D eigenvalue weighted by Crippen LogP contribution is 2.21. The summed E-state index contributed by atoms with van der Waals surface area (Å²) in [5, 5.41) is 12.1. The van der Waals surface area contributed by atoms with Gasteiger partial charge >= 0.3 is 5.97 Å². The molecule has 0 aromatic heterocycles. The van der Waals surface area contributed by atoms with Crippen molar-refractivity contribution in [2.45, 2.75) is 6.42 Å². The van der Waals surface area contributed by atoms with E-state index in [4.69, 9.17) is 16.7 Å². The minimum absolute atomic E-state index is 0.0614. The van der Waals surface area contributed by atoms with Gasteiger partial charge in [-0.3, -0.25) is 0 Å². The molecule has 0 amide bonds. The summed E-state index contributed by atoms with van der Waals surface area (Å²) in [6.45, 7) is 0.531. The highest BCUT2D eigenvalue weighted by atomic mass is 35.5. The maximum Gasteiger partial charge on any atom is 0.337 e. The van der Waals surface area contributed by atoms with E-state index in [1.54, 1.807) is 30.3 Å². The zero-order valence-electron chi connectivity index (χ0n) is 10.6. The van der Waals surface area contributed by atoms with Crippen LogP contribution < -0.4 is 5.32 Å². The Bertz CT molecular complexity index is 631. The van der Waals surface area contributed by atoms with Gasteiger partial charge in [-0.25, -0.2) is 9.18 Å². The van der Waals surface area contributed by atoms with E-state index in [1.165, 1.54) is 12.1 Å². The van der Waals surface area contributed by atoms with Crippen LogP contribution >= 0.6 is 11.6 Å². The van der Waals surface area contributed by atoms with Crippen molar-refractivity contribution in [2.24, 2.45) is 0 Å². The standard InChI is InChI=1S/C15H13ClFNO2/c16-13-9-11(5-6-12(13)15(19)20)18-8-7-10-3-1-2-4-14(10)17/h1-6,9,18H,7-8H2,(H,19,20).